The monoisotopic (exact) mass is 434 g/mol. The molecule has 0 aromatic heterocycles. The number of ether oxygens (including phenoxy) is 1. The Kier molecular flexibility index (Phi) is 6.70. The standard InChI is InChI=1S/C22H24Cl2N2O3/c1-15-11-16(7-8-18(15)23)29-14-22(12-20(25)27)9-4-10-26(13-22)21(28)17-5-2-3-6-19(17)24/h2-3,5-8,11H,4,9-10,12-14H2,1H3,(H2,25,27)/t22-/m1/s1. The van der Waals surface area contributed by atoms with Crippen LogP contribution in [0.2, 0.25) is 10.0 Å². The Labute approximate surface area is 180 Å². The van der Waals surface area contributed by atoms with Crippen LogP contribution < -0.4 is 10.5 Å². The van der Waals surface area contributed by atoms with Gasteiger partial charge in [0.15, 0.2) is 0 Å². The van der Waals surface area contributed by atoms with Crippen molar-refractivity contribution < 1.29 is 14.3 Å². The fourth-order valence-corrected chi connectivity index (χ4v) is 4.15. The number of piperidine rings is 1. The molecule has 1 fully saturated rings. The molecule has 0 radical (unpaired) electrons. The molecule has 5 nitrogen and oxygen atoms in total. The van der Waals surface area contributed by atoms with Gasteiger partial charge in [0.2, 0.25) is 5.91 Å². The highest BCUT2D eigenvalue weighted by molar-refractivity contribution is 6.33. The van der Waals surface area contributed by atoms with Gasteiger partial charge in [-0.2, -0.15) is 0 Å². The average molecular weight is 435 g/mol. The summed E-state index contributed by atoms with van der Waals surface area (Å²) >= 11 is 12.3. The number of hydrogen-bond acceptors (Lipinski definition) is 3. The van der Waals surface area contributed by atoms with Gasteiger partial charge in [-0.25, -0.2) is 0 Å². The summed E-state index contributed by atoms with van der Waals surface area (Å²) in [6, 6.07) is 12.4. The van der Waals surface area contributed by atoms with Crippen LogP contribution in [0.1, 0.15) is 35.2 Å². The summed E-state index contributed by atoms with van der Waals surface area (Å²) in [4.78, 5) is 26.6. The van der Waals surface area contributed by atoms with E-state index in [1.807, 2.05) is 13.0 Å². The van der Waals surface area contributed by atoms with Crippen LogP contribution in [0.5, 0.6) is 5.75 Å². The number of aryl methyl sites for hydroxylation is 1. The van der Waals surface area contributed by atoms with E-state index in [0.29, 0.717) is 34.4 Å². The maximum Gasteiger partial charge on any atom is 0.255 e. The lowest BCUT2D eigenvalue weighted by Gasteiger charge is -2.42. The number of rotatable bonds is 6. The largest absolute Gasteiger partial charge is 0.493 e. The molecular weight excluding hydrogens is 411 g/mol. The number of hydrogen-bond donors (Lipinski definition) is 1. The van der Waals surface area contributed by atoms with Crippen molar-refractivity contribution in [2.45, 2.75) is 26.2 Å². The molecule has 2 N–H and O–H groups in total. The van der Waals surface area contributed by atoms with E-state index in [-0.39, 0.29) is 18.9 Å². The normalized spacial score (nSPS) is 19.1. The van der Waals surface area contributed by atoms with Crippen molar-refractivity contribution in [1.82, 2.24) is 4.90 Å². The molecule has 0 unspecified atom stereocenters. The quantitative estimate of drug-likeness (QED) is 0.727. The van der Waals surface area contributed by atoms with Crippen LogP contribution in [0.3, 0.4) is 0 Å². The topological polar surface area (TPSA) is 72.6 Å². The molecule has 1 atom stereocenters. The maximum absolute atomic E-state index is 13.0. The number of carbonyl (C=O) groups excluding carboxylic acids is 2. The summed E-state index contributed by atoms with van der Waals surface area (Å²) in [7, 11) is 0. The smallest absolute Gasteiger partial charge is 0.255 e. The second kappa shape index (κ2) is 9.06. The molecule has 3 rings (SSSR count). The zero-order valence-corrected chi connectivity index (χ0v) is 17.8. The summed E-state index contributed by atoms with van der Waals surface area (Å²) in [5.41, 5.74) is 6.36. The molecule has 154 valence electrons. The highest BCUT2D eigenvalue weighted by atomic mass is 35.5. The van der Waals surface area contributed by atoms with Crippen LogP contribution in [0.15, 0.2) is 42.5 Å². The molecule has 1 heterocycles. The van der Waals surface area contributed by atoms with E-state index in [9.17, 15) is 9.59 Å². The number of primary amides is 1. The predicted molar refractivity (Wildman–Crippen MR) is 115 cm³/mol. The first kappa shape index (κ1) is 21.5. The number of amides is 2. The van der Waals surface area contributed by atoms with Gasteiger partial charge in [0.1, 0.15) is 5.75 Å². The predicted octanol–water partition coefficient (Wildman–Crippen LogP) is 4.48. The number of nitrogens with zero attached hydrogens (tertiary/aromatic N) is 1. The van der Waals surface area contributed by atoms with Crippen molar-refractivity contribution in [1.29, 1.82) is 0 Å². The van der Waals surface area contributed by atoms with E-state index >= 15 is 0 Å². The number of likely N-dealkylation sites (tertiary alicyclic amines) is 1. The van der Waals surface area contributed by atoms with E-state index in [0.717, 1.165) is 18.4 Å². The Morgan fingerprint density at radius 2 is 1.93 bits per heavy atom. The van der Waals surface area contributed by atoms with Crippen molar-refractivity contribution in [2.75, 3.05) is 19.7 Å². The first-order valence-electron chi connectivity index (χ1n) is 9.51. The lowest BCUT2D eigenvalue weighted by Crippen LogP contribution is -2.50. The second-order valence-electron chi connectivity index (χ2n) is 7.65. The SMILES string of the molecule is Cc1cc(OC[C@@]2(CC(N)=O)CCCN(C(=O)c3ccccc3Cl)C2)ccc1Cl. The van der Waals surface area contributed by atoms with Crippen molar-refractivity contribution in [3.8, 4) is 5.75 Å². The third-order valence-corrected chi connectivity index (χ3v) is 6.03. The van der Waals surface area contributed by atoms with Gasteiger partial charge in [-0.1, -0.05) is 35.3 Å². The average Bonchev–Trinajstić information content (AvgIpc) is 2.68. The first-order valence-corrected chi connectivity index (χ1v) is 10.3. The number of carbonyl (C=O) groups is 2. The molecule has 0 bridgehead atoms. The summed E-state index contributed by atoms with van der Waals surface area (Å²) in [6.07, 6.45) is 1.65. The minimum atomic E-state index is -0.547. The molecule has 1 saturated heterocycles. The molecule has 0 aliphatic carbocycles. The molecule has 2 amide bonds. The van der Waals surface area contributed by atoms with Crippen molar-refractivity contribution in [3.63, 3.8) is 0 Å². The van der Waals surface area contributed by atoms with Crippen LogP contribution in [0.4, 0.5) is 0 Å². The van der Waals surface area contributed by atoms with Crippen LogP contribution in [-0.2, 0) is 4.79 Å². The summed E-state index contributed by atoms with van der Waals surface area (Å²) in [5, 5.41) is 1.08. The van der Waals surface area contributed by atoms with E-state index < -0.39 is 11.3 Å². The maximum atomic E-state index is 13.0. The minimum absolute atomic E-state index is 0.145. The van der Waals surface area contributed by atoms with Gasteiger partial charge in [-0.3, -0.25) is 9.59 Å². The molecule has 2 aromatic rings. The molecule has 1 aliphatic heterocycles. The van der Waals surface area contributed by atoms with E-state index in [1.165, 1.54) is 0 Å². The third-order valence-electron chi connectivity index (χ3n) is 5.28. The van der Waals surface area contributed by atoms with Crippen LogP contribution >= 0.6 is 23.2 Å². The van der Waals surface area contributed by atoms with Gasteiger partial charge >= 0.3 is 0 Å². The van der Waals surface area contributed by atoms with E-state index in [1.54, 1.807) is 41.3 Å². The Hall–Kier alpha value is -2.24. The molecule has 0 saturated carbocycles. The summed E-state index contributed by atoms with van der Waals surface area (Å²) in [6.45, 7) is 3.17. The molecule has 2 aromatic carbocycles. The highest BCUT2D eigenvalue weighted by Crippen LogP contribution is 2.36. The van der Waals surface area contributed by atoms with Gasteiger partial charge < -0.3 is 15.4 Å². The first-order chi connectivity index (χ1) is 13.8. The van der Waals surface area contributed by atoms with Crippen LogP contribution in [0, 0.1) is 12.3 Å². The Morgan fingerprint density at radius 3 is 2.62 bits per heavy atom. The summed E-state index contributed by atoms with van der Waals surface area (Å²) in [5.74, 6) is 0.115. The second-order valence-corrected chi connectivity index (χ2v) is 8.47. The van der Waals surface area contributed by atoms with E-state index in [4.69, 9.17) is 33.7 Å². The van der Waals surface area contributed by atoms with Gasteiger partial charge in [-0.15, -0.1) is 0 Å². The molecule has 29 heavy (non-hydrogen) atoms. The van der Waals surface area contributed by atoms with Gasteiger partial charge in [0.05, 0.1) is 17.2 Å². The Balaban J connectivity index is 1.79. The van der Waals surface area contributed by atoms with E-state index in [2.05, 4.69) is 0 Å². The number of benzene rings is 2. The third kappa shape index (κ3) is 5.22. The Morgan fingerprint density at radius 1 is 1.17 bits per heavy atom. The van der Waals surface area contributed by atoms with Crippen LogP contribution in [-0.4, -0.2) is 36.4 Å². The zero-order valence-electron chi connectivity index (χ0n) is 16.3. The molecule has 0 spiro atoms. The lowest BCUT2D eigenvalue weighted by atomic mass is 9.77. The lowest BCUT2D eigenvalue weighted by molar-refractivity contribution is -0.122. The van der Waals surface area contributed by atoms with Crippen molar-refractivity contribution >= 4 is 35.0 Å². The van der Waals surface area contributed by atoms with Gasteiger partial charge in [-0.05, 0) is 55.7 Å². The number of nitrogens with two attached hydrogens (primary N) is 1. The van der Waals surface area contributed by atoms with Crippen LogP contribution in [0.25, 0.3) is 0 Å². The zero-order chi connectivity index (χ0) is 21.0. The number of halogens is 2. The highest BCUT2D eigenvalue weighted by Gasteiger charge is 2.40. The molecular formula is C22H24Cl2N2O3. The Bertz CT molecular complexity index is 919. The fourth-order valence-electron chi connectivity index (χ4n) is 3.81. The van der Waals surface area contributed by atoms with Crippen molar-refractivity contribution in [2.24, 2.45) is 11.1 Å². The van der Waals surface area contributed by atoms with Gasteiger partial charge in [0.25, 0.3) is 5.91 Å². The minimum Gasteiger partial charge on any atom is -0.493 e. The van der Waals surface area contributed by atoms with Gasteiger partial charge in [0, 0.05) is 29.9 Å². The fraction of sp³-hybridized carbons (Fsp3) is 0.364. The molecule has 1 aliphatic rings. The van der Waals surface area contributed by atoms with Crippen molar-refractivity contribution in [3.05, 3.63) is 63.6 Å². The molecule has 7 heteroatoms. The summed E-state index contributed by atoms with van der Waals surface area (Å²) < 4.78 is 6.01.